The van der Waals surface area contributed by atoms with Crippen molar-refractivity contribution >= 4 is 40.3 Å². The summed E-state index contributed by atoms with van der Waals surface area (Å²) in [5.41, 5.74) is 2.41. The third-order valence-corrected chi connectivity index (χ3v) is 4.88. The predicted octanol–water partition coefficient (Wildman–Crippen LogP) is 3.23. The standard InChI is InChI=1S/C18H20N2O2S2/c1-4-6-13-8-12(9-14(7-5-2)16(13)21)10-15-17(22)20(11-19-3)18(23)24-15/h4-5,8-10,19,21H,1-2,6-7,11H2,3H3/b15-10-. The highest BCUT2D eigenvalue weighted by atomic mass is 32.2. The van der Waals surface area contributed by atoms with Gasteiger partial charge in [-0.25, -0.2) is 0 Å². The number of nitrogens with one attached hydrogen (secondary N) is 1. The Labute approximate surface area is 151 Å². The molecule has 6 heteroatoms. The quantitative estimate of drug-likeness (QED) is 0.444. The van der Waals surface area contributed by atoms with Crippen molar-refractivity contribution in [2.75, 3.05) is 13.7 Å². The molecule has 4 nitrogen and oxygen atoms in total. The van der Waals surface area contributed by atoms with Crippen LogP contribution in [0.15, 0.2) is 42.3 Å². The van der Waals surface area contributed by atoms with Gasteiger partial charge in [0.25, 0.3) is 5.91 Å². The van der Waals surface area contributed by atoms with Crippen LogP contribution < -0.4 is 5.32 Å². The van der Waals surface area contributed by atoms with Gasteiger partial charge in [0.15, 0.2) is 0 Å². The van der Waals surface area contributed by atoms with Gasteiger partial charge in [-0.1, -0.05) is 36.1 Å². The van der Waals surface area contributed by atoms with E-state index in [2.05, 4.69) is 18.5 Å². The molecule has 0 unspecified atom stereocenters. The topological polar surface area (TPSA) is 52.6 Å². The Morgan fingerprint density at radius 1 is 1.29 bits per heavy atom. The monoisotopic (exact) mass is 360 g/mol. The van der Waals surface area contributed by atoms with Crippen LogP contribution in [0.5, 0.6) is 5.75 Å². The van der Waals surface area contributed by atoms with E-state index < -0.39 is 0 Å². The SMILES string of the molecule is C=CCc1cc(/C=C2\SC(=S)N(CNC)C2=O)cc(CC=C)c1O. The van der Waals surface area contributed by atoms with Crippen LogP contribution in [0.4, 0.5) is 0 Å². The molecule has 24 heavy (non-hydrogen) atoms. The van der Waals surface area contributed by atoms with E-state index in [9.17, 15) is 9.90 Å². The van der Waals surface area contributed by atoms with E-state index in [-0.39, 0.29) is 11.7 Å². The number of nitrogens with zero attached hydrogens (tertiary/aromatic N) is 1. The van der Waals surface area contributed by atoms with Gasteiger partial charge in [-0.2, -0.15) is 0 Å². The average Bonchev–Trinajstić information content (AvgIpc) is 2.80. The van der Waals surface area contributed by atoms with Crippen LogP contribution in [0.1, 0.15) is 16.7 Å². The Bertz CT molecular complexity index is 695. The van der Waals surface area contributed by atoms with Gasteiger partial charge in [0.2, 0.25) is 0 Å². The van der Waals surface area contributed by atoms with Crippen molar-refractivity contribution in [3.05, 3.63) is 59.0 Å². The molecule has 1 amide bonds. The number of phenols is 1. The fourth-order valence-corrected chi connectivity index (χ4v) is 3.69. The minimum Gasteiger partial charge on any atom is -0.507 e. The number of allylic oxidation sites excluding steroid dienone is 2. The minimum absolute atomic E-state index is 0.108. The zero-order chi connectivity index (χ0) is 17.7. The molecule has 1 heterocycles. The molecule has 1 aliphatic heterocycles. The number of thiocarbonyl (C=S) groups is 1. The number of carbonyl (C=O) groups is 1. The summed E-state index contributed by atoms with van der Waals surface area (Å²) in [5, 5.41) is 13.3. The molecule has 1 fully saturated rings. The zero-order valence-corrected chi connectivity index (χ0v) is 15.2. The highest BCUT2D eigenvalue weighted by molar-refractivity contribution is 8.26. The third kappa shape index (κ3) is 3.95. The summed E-state index contributed by atoms with van der Waals surface area (Å²) in [4.78, 5) is 14.5. The number of hydrogen-bond acceptors (Lipinski definition) is 5. The number of amides is 1. The van der Waals surface area contributed by atoms with E-state index in [1.165, 1.54) is 16.7 Å². The fraction of sp³-hybridized carbons (Fsp3) is 0.222. The molecule has 0 aliphatic carbocycles. The maximum Gasteiger partial charge on any atom is 0.267 e. The number of rotatable bonds is 7. The Balaban J connectivity index is 2.41. The van der Waals surface area contributed by atoms with Gasteiger partial charge in [0.1, 0.15) is 10.1 Å². The fourth-order valence-electron chi connectivity index (χ4n) is 2.44. The molecule has 1 saturated heterocycles. The summed E-state index contributed by atoms with van der Waals surface area (Å²) in [6.07, 6.45) is 6.40. The van der Waals surface area contributed by atoms with Crippen molar-refractivity contribution in [1.82, 2.24) is 10.2 Å². The number of phenolic OH excluding ortho intramolecular Hbond substituents is 1. The summed E-state index contributed by atoms with van der Waals surface area (Å²) in [7, 11) is 1.77. The first kappa shape index (κ1) is 18.4. The van der Waals surface area contributed by atoms with Gasteiger partial charge in [0.05, 0.1) is 11.6 Å². The van der Waals surface area contributed by atoms with Crippen molar-refractivity contribution in [2.24, 2.45) is 0 Å². The second-order valence-electron chi connectivity index (χ2n) is 5.29. The summed E-state index contributed by atoms with van der Waals surface area (Å²) < 4.78 is 0.539. The van der Waals surface area contributed by atoms with Crippen LogP contribution in [0.2, 0.25) is 0 Å². The Morgan fingerprint density at radius 3 is 2.38 bits per heavy atom. The van der Waals surface area contributed by atoms with Gasteiger partial charge in [0, 0.05) is 0 Å². The van der Waals surface area contributed by atoms with E-state index in [0.717, 1.165) is 16.7 Å². The smallest absolute Gasteiger partial charge is 0.267 e. The molecular formula is C18H20N2O2S2. The number of hydrogen-bond donors (Lipinski definition) is 2. The first-order valence-electron chi connectivity index (χ1n) is 7.48. The Hall–Kier alpha value is -1.89. The lowest BCUT2D eigenvalue weighted by Crippen LogP contribution is -2.35. The van der Waals surface area contributed by atoms with Crippen LogP contribution in [-0.4, -0.2) is 34.0 Å². The first-order chi connectivity index (χ1) is 11.5. The summed E-state index contributed by atoms with van der Waals surface area (Å²) in [6, 6.07) is 3.74. The molecule has 2 N–H and O–H groups in total. The molecule has 2 rings (SSSR count). The highest BCUT2D eigenvalue weighted by Gasteiger charge is 2.31. The lowest BCUT2D eigenvalue weighted by atomic mass is 9.99. The molecule has 0 atom stereocenters. The number of thioether (sulfide) groups is 1. The van der Waals surface area contributed by atoms with E-state index in [1.807, 2.05) is 18.2 Å². The molecule has 0 radical (unpaired) electrons. The molecule has 0 bridgehead atoms. The lowest BCUT2D eigenvalue weighted by Gasteiger charge is -2.12. The Morgan fingerprint density at radius 2 is 1.88 bits per heavy atom. The number of benzene rings is 1. The van der Waals surface area contributed by atoms with Gasteiger partial charge < -0.3 is 10.4 Å². The van der Waals surface area contributed by atoms with Crippen LogP contribution in [0.3, 0.4) is 0 Å². The normalized spacial score (nSPS) is 16.0. The van der Waals surface area contributed by atoms with Crippen LogP contribution in [0, 0.1) is 0 Å². The third-order valence-electron chi connectivity index (χ3n) is 3.51. The maximum absolute atomic E-state index is 12.4. The summed E-state index contributed by atoms with van der Waals surface area (Å²) in [6.45, 7) is 7.83. The van der Waals surface area contributed by atoms with Crippen molar-refractivity contribution < 1.29 is 9.90 Å². The average molecular weight is 361 g/mol. The Kier molecular flexibility index (Phi) is 6.36. The largest absolute Gasteiger partial charge is 0.507 e. The molecule has 1 aromatic rings. The van der Waals surface area contributed by atoms with Crippen molar-refractivity contribution in [3.8, 4) is 5.75 Å². The molecule has 0 spiro atoms. The minimum atomic E-state index is -0.108. The van der Waals surface area contributed by atoms with E-state index in [4.69, 9.17) is 12.2 Å². The van der Waals surface area contributed by atoms with Crippen molar-refractivity contribution in [3.63, 3.8) is 0 Å². The molecular weight excluding hydrogens is 340 g/mol. The molecule has 1 aromatic carbocycles. The summed E-state index contributed by atoms with van der Waals surface area (Å²) >= 11 is 6.54. The number of carbonyl (C=O) groups excluding carboxylic acids is 1. The maximum atomic E-state index is 12.4. The van der Waals surface area contributed by atoms with Crippen LogP contribution in [-0.2, 0) is 17.6 Å². The van der Waals surface area contributed by atoms with E-state index in [0.29, 0.717) is 28.7 Å². The predicted molar refractivity (Wildman–Crippen MR) is 105 cm³/mol. The number of aromatic hydroxyl groups is 1. The van der Waals surface area contributed by atoms with Gasteiger partial charge in [-0.3, -0.25) is 9.69 Å². The van der Waals surface area contributed by atoms with E-state index >= 15 is 0 Å². The van der Waals surface area contributed by atoms with Crippen molar-refractivity contribution in [2.45, 2.75) is 12.8 Å². The van der Waals surface area contributed by atoms with Gasteiger partial charge >= 0.3 is 0 Å². The van der Waals surface area contributed by atoms with E-state index in [1.54, 1.807) is 19.2 Å². The molecule has 0 saturated carbocycles. The lowest BCUT2D eigenvalue weighted by molar-refractivity contribution is -0.122. The van der Waals surface area contributed by atoms with Gasteiger partial charge in [-0.15, -0.1) is 13.2 Å². The highest BCUT2D eigenvalue weighted by Crippen LogP contribution is 2.34. The second-order valence-corrected chi connectivity index (χ2v) is 6.97. The van der Waals surface area contributed by atoms with Crippen LogP contribution >= 0.6 is 24.0 Å². The second kappa shape index (κ2) is 8.28. The van der Waals surface area contributed by atoms with Crippen LogP contribution in [0.25, 0.3) is 6.08 Å². The molecule has 0 aromatic heterocycles. The van der Waals surface area contributed by atoms with Crippen molar-refractivity contribution in [1.29, 1.82) is 0 Å². The first-order valence-corrected chi connectivity index (χ1v) is 8.70. The zero-order valence-electron chi connectivity index (χ0n) is 13.5. The van der Waals surface area contributed by atoms with Gasteiger partial charge in [-0.05, 0) is 54.8 Å². The molecule has 1 aliphatic rings. The molecule has 126 valence electrons. The summed E-state index contributed by atoms with van der Waals surface area (Å²) in [5.74, 6) is 0.151.